The van der Waals surface area contributed by atoms with Crippen molar-refractivity contribution in [2.24, 2.45) is 0 Å². The van der Waals surface area contributed by atoms with Crippen LogP contribution in [-0.2, 0) is 0 Å². The molecule has 0 aromatic heterocycles. The molecule has 0 unspecified atom stereocenters. The van der Waals surface area contributed by atoms with E-state index in [1.807, 2.05) is 14.1 Å². The highest BCUT2D eigenvalue weighted by Crippen LogP contribution is 0.981. The van der Waals surface area contributed by atoms with E-state index >= 15 is 0 Å². The molecule has 0 fully saturated rings. The van der Waals surface area contributed by atoms with Crippen molar-refractivity contribution in [2.45, 2.75) is 0 Å². The first-order chi connectivity index (χ1) is 1.41. The van der Waals surface area contributed by atoms with Gasteiger partial charge < -0.3 is 5.32 Å². The summed E-state index contributed by atoms with van der Waals surface area (Å²) in [4.78, 5) is 0. The molecule has 1 nitrogen and oxygen atoms in total. The lowest BCUT2D eigenvalue weighted by Gasteiger charge is -1.59. The first-order valence-corrected chi connectivity index (χ1v) is 1.00. The second-order valence-corrected chi connectivity index (χ2v) is 0.500. The predicted octanol–water partition coefficient (Wildman–Crippen LogP) is 0.370. The Kier molecular flexibility index (Phi) is 23.3. The van der Waals surface area contributed by atoms with Crippen molar-refractivity contribution in [1.82, 2.24) is 5.32 Å². The smallest absolute Gasteiger partial charge is 0.323 e. The Balaban J connectivity index is -0.0000000200. The van der Waals surface area contributed by atoms with Crippen LogP contribution in [-0.4, -0.2) is 14.1 Å². The maximum atomic E-state index is 2.75. The standard InChI is InChI=1S/C2H7N.ClH/c1-3-2;/h3H,1-2H3;1H/p+1. The summed E-state index contributed by atoms with van der Waals surface area (Å²) in [5.41, 5.74) is 0. The molecule has 0 aliphatic carbocycles. The van der Waals surface area contributed by atoms with E-state index in [1.165, 1.54) is 0 Å². The van der Waals surface area contributed by atoms with Crippen molar-refractivity contribution >= 4 is 12.4 Å². The molecule has 0 heterocycles. The van der Waals surface area contributed by atoms with Gasteiger partial charge in [0.2, 0.25) is 0 Å². The van der Waals surface area contributed by atoms with Crippen LogP contribution < -0.4 is 5.32 Å². The highest BCUT2D eigenvalue weighted by molar-refractivity contribution is 5.85. The molecule has 1 N–H and O–H groups in total. The van der Waals surface area contributed by atoms with Gasteiger partial charge in [-0.2, -0.15) is 0 Å². The molecular formula is C2H9ClN+. The van der Waals surface area contributed by atoms with Gasteiger partial charge in [0.1, 0.15) is 0 Å². The molecule has 0 aliphatic heterocycles. The van der Waals surface area contributed by atoms with E-state index < -0.39 is 0 Å². The fourth-order valence-corrected chi connectivity index (χ4v) is 0. The van der Waals surface area contributed by atoms with E-state index in [0.29, 0.717) is 0 Å². The van der Waals surface area contributed by atoms with Gasteiger partial charge in [0.05, 0.1) is 0 Å². The van der Waals surface area contributed by atoms with Crippen molar-refractivity contribution in [2.75, 3.05) is 14.1 Å². The summed E-state index contributed by atoms with van der Waals surface area (Å²) in [5, 5.41) is 2.75. The lowest BCUT2D eigenvalue weighted by Crippen LogP contribution is -1.89. The van der Waals surface area contributed by atoms with E-state index in [-0.39, 0.29) is 13.8 Å². The maximum Gasteiger partial charge on any atom is 1.00 e. The van der Waals surface area contributed by atoms with E-state index in [4.69, 9.17) is 0 Å². The molecular weight excluding hydrogens is 73.5 g/mol. The van der Waals surface area contributed by atoms with Crippen molar-refractivity contribution in [3.05, 3.63) is 0 Å². The molecule has 0 aromatic rings. The first kappa shape index (κ1) is 8.87. The lowest BCUT2D eigenvalue weighted by molar-refractivity contribution is 1.02. The minimum atomic E-state index is 0. The van der Waals surface area contributed by atoms with Crippen LogP contribution in [0.15, 0.2) is 0 Å². The molecule has 0 radical (unpaired) electrons. The van der Waals surface area contributed by atoms with E-state index in [9.17, 15) is 0 Å². The zero-order valence-corrected chi connectivity index (χ0v) is 3.72. The van der Waals surface area contributed by atoms with Gasteiger partial charge >= 0.3 is 1.43 Å². The minimum absolute atomic E-state index is 0. The summed E-state index contributed by atoms with van der Waals surface area (Å²) in [6.45, 7) is 0. The topological polar surface area (TPSA) is 12.0 Å². The molecule has 4 heavy (non-hydrogen) atoms. The van der Waals surface area contributed by atoms with Gasteiger partial charge in [-0.25, -0.2) is 0 Å². The van der Waals surface area contributed by atoms with E-state index in [2.05, 4.69) is 5.32 Å². The summed E-state index contributed by atoms with van der Waals surface area (Å²) in [6.07, 6.45) is 0. The quantitative estimate of drug-likeness (QED) is 0.445. The summed E-state index contributed by atoms with van der Waals surface area (Å²) >= 11 is 0. The molecule has 0 saturated heterocycles. The first-order valence-electron chi connectivity index (χ1n) is 1.00. The van der Waals surface area contributed by atoms with Crippen molar-refractivity contribution in [3.63, 3.8) is 0 Å². The van der Waals surface area contributed by atoms with E-state index in [1.54, 1.807) is 0 Å². The van der Waals surface area contributed by atoms with Gasteiger partial charge in [0, 0.05) is 0 Å². The number of nitrogens with one attached hydrogen (secondary N) is 1. The number of halogens is 1. The number of hydrogen-bond donors (Lipinski definition) is 1. The van der Waals surface area contributed by atoms with Crippen molar-refractivity contribution in [1.29, 1.82) is 0 Å². The molecule has 0 amide bonds. The molecule has 0 aromatic carbocycles. The Labute approximate surface area is 34.3 Å². The largest absolute Gasteiger partial charge is 1.00 e. The van der Waals surface area contributed by atoms with E-state index in [0.717, 1.165) is 0 Å². The summed E-state index contributed by atoms with van der Waals surface area (Å²) < 4.78 is 0. The summed E-state index contributed by atoms with van der Waals surface area (Å²) in [5.74, 6) is 0. The Morgan fingerprint density at radius 2 is 1.50 bits per heavy atom. The Morgan fingerprint density at radius 3 is 1.50 bits per heavy atom. The third kappa shape index (κ3) is 56.3. The molecule has 0 aliphatic rings. The van der Waals surface area contributed by atoms with Crippen LogP contribution in [0.2, 0.25) is 0 Å². The van der Waals surface area contributed by atoms with Crippen LogP contribution in [0.1, 0.15) is 1.43 Å². The second kappa shape index (κ2) is 10.5. The zero-order valence-electron chi connectivity index (χ0n) is 3.91. The van der Waals surface area contributed by atoms with Crippen LogP contribution in [0.3, 0.4) is 0 Å². The Morgan fingerprint density at radius 1 is 1.50 bits per heavy atom. The SMILES string of the molecule is CNC.Cl.[H+]. The molecule has 0 saturated carbocycles. The van der Waals surface area contributed by atoms with Crippen LogP contribution >= 0.6 is 12.4 Å². The Bertz CT molecular complexity index is 9.61. The third-order valence-electron chi connectivity index (χ3n) is 0. The van der Waals surface area contributed by atoms with Gasteiger partial charge in [-0.1, -0.05) is 0 Å². The molecule has 0 atom stereocenters. The highest BCUT2D eigenvalue weighted by Gasteiger charge is 1.25. The minimum Gasteiger partial charge on any atom is -0.323 e. The van der Waals surface area contributed by atoms with Gasteiger partial charge in [-0.15, -0.1) is 12.4 Å². The lowest BCUT2D eigenvalue weighted by atomic mass is 11.3. The second-order valence-electron chi connectivity index (χ2n) is 0.500. The average Bonchev–Trinajstić information content (AvgIpc) is 0.918. The zero-order chi connectivity index (χ0) is 2.71. The predicted molar refractivity (Wildman–Crippen MR) is 23.3 cm³/mol. The van der Waals surface area contributed by atoms with Crippen molar-refractivity contribution in [3.8, 4) is 0 Å². The van der Waals surface area contributed by atoms with Crippen LogP contribution in [0.5, 0.6) is 0 Å². The number of hydrogen-bond acceptors (Lipinski definition) is 1. The summed E-state index contributed by atoms with van der Waals surface area (Å²) in [7, 11) is 3.75. The van der Waals surface area contributed by atoms with Crippen LogP contribution in [0, 0.1) is 0 Å². The van der Waals surface area contributed by atoms with Gasteiger partial charge in [0.15, 0.2) is 0 Å². The van der Waals surface area contributed by atoms with Gasteiger partial charge in [-0.3, -0.25) is 0 Å². The monoisotopic (exact) mass is 82.0 g/mol. The van der Waals surface area contributed by atoms with Crippen molar-refractivity contribution < 1.29 is 1.43 Å². The van der Waals surface area contributed by atoms with Gasteiger partial charge in [0.25, 0.3) is 0 Å². The fourth-order valence-electron chi connectivity index (χ4n) is 0. The molecule has 0 rings (SSSR count). The van der Waals surface area contributed by atoms with Crippen LogP contribution in [0.25, 0.3) is 0 Å². The normalized spacial score (nSPS) is 4.50. The van der Waals surface area contributed by atoms with Crippen LogP contribution in [0.4, 0.5) is 0 Å². The Hall–Kier alpha value is 0.250. The molecule has 28 valence electrons. The maximum absolute atomic E-state index is 2.75. The van der Waals surface area contributed by atoms with Gasteiger partial charge in [-0.05, 0) is 14.1 Å². The number of rotatable bonds is 0. The third-order valence-corrected chi connectivity index (χ3v) is 0. The fraction of sp³-hybridized carbons (Fsp3) is 1.00. The summed E-state index contributed by atoms with van der Waals surface area (Å²) in [6, 6.07) is 0. The molecule has 2 heteroatoms. The highest BCUT2D eigenvalue weighted by atomic mass is 35.5. The molecule has 0 bridgehead atoms. The molecule has 0 spiro atoms. The average molecular weight is 82.6 g/mol.